The van der Waals surface area contributed by atoms with Crippen LogP contribution in [0, 0.1) is 5.92 Å². The Kier molecular flexibility index (Phi) is 6.35. The molecule has 0 radical (unpaired) electrons. The largest absolute Gasteiger partial charge is 0.313 e. The van der Waals surface area contributed by atoms with Gasteiger partial charge in [0.2, 0.25) is 0 Å². The van der Waals surface area contributed by atoms with Crippen LogP contribution in [0.25, 0.3) is 0 Å². The molecule has 0 fully saturated rings. The second kappa shape index (κ2) is 6.39. The van der Waals surface area contributed by atoms with Gasteiger partial charge in [0.15, 0.2) is 0 Å². The van der Waals surface area contributed by atoms with Gasteiger partial charge in [-0.3, -0.25) is 0 Å². The van der Waals surface area contributed by atoms with Gasteiger partial charge in [-0.05, 0) is 19.5 Å². The van der Waals surface area contributed by atoms with E-state index in [1.807, 2.05) is 0 Å². The van der Waals surface area contributed by atoms with E-state index in [4.69, 9.17) is 0 Å². The lowest BCUT2D eigenvalue weighted by atomic mass is 10.0. The molecule has 2 nitrogen and oxygen atoms in total. The lowest BCUT2D eigenvalue weighted by Gasteiger charge is -2.31. The highest BCUT2D eigenvalue weighted by Crippen LogP contribution is 2.07. The van der Waals surface area contributed by atoms with Crippen LogP contribution in [0.2, 0.25) is 0 Å². The molecular formula is C11H26N2. The predicted molar refractivity (Wildman–Crippen MR) is 60.1 cm³/mol. The van der Waals surface area contributed by atoms with E-state index in [0.717, 1.165) is 19.0 Å². The molecule has 0 aromatic carbocycles. The van der Waals surface area contributed by atoms with E-state index in [1.165, 1.54) is 0 Å². The molecule has 0 aliphatic heterocycles. The number of hydrogen-bond donors (Lipinski definition) is 1. The SMILES string of the molecule is CCN(C)C(CNC(C)C)C(C)C. The van der Waals surface area contributed by atoms with Crippen molar-refractivity contribution < 1.29 is 0 Å². The van der Waals surface area contributed by atoms with Gasteiger partial charge in [0, 0.05) is 18.6 Å². The molecule has 0 saturated carbocycles. The first-order chi connectivity index (χ1) is 5.99. The maximum absolute atomic E-state index is 3.50. The fraction of sp³-hybridized carbons (Fsp3) is 1.00. The Balaban J connectivity index is 3.95. The minimum absolute atomic E-state index is 0.589. The molecule has 1 unspecified atom stereocenters. The molecule has 0 aliphatic carbocycles. The molecule has 0 aliphatic rings. The predicted octanol–water partition coefficient (Wildman–Crippen LogP) is 1.96. The summed E-state index contributed by atoms with van der Waals surface area (Å²) in [5.74, 6) is 0.719. The summed E-state index contributed by atoms with van der Waals surface area (Å²) in [6.07, 6.45) is 0. The average molecular weight is 186 g/mol. The molecule has 0 heterocycles. The van der Waals surface area contributed by atoms with Gasteiger partial charge in [-0.2, -0.15) is 0 Å². The van der Waals surface area contributed by atoms with Crippen LogP contribution in [0.4, 0.5) is 0 Å². The number of nitrogens with one attached hydrogen (secondary N) is 1. The first-order valence-corrected chi connectivity index (χ1v) is 5.42. The fourth-order valence-electron chi connectivity index (χ4n) is 1.49. The van der Waals surface area contributed by atoms with E-state index in [9.17, 15) is 0 Å². The third kappa shape index (κ3) is 5.27. The van der Waals surface area contributed by atoms with E-state index in [1.54, 1.807) is 0 Å². The summed E-state index contributed by atoms with van der Waals surface area (Å²) in [6, 6.07) is 1.25. The van der Waals surface area contributed by atoms with Gasteiger partial charge in [-0.25, -0.2) is 0 Å². The molecule has 1 N–H and O–H groups in total. The van der Waals surface area contributed by atoms with E-state index >= 15 is 0 Å². The van der Waals surface area contributed by atoms with Crippen molar-refractivity contribution in [3.05, 3.63) is 0 Å². The van der Waals surface area contributed by atoms with E-state index in [-0.39, 0.29) is 0 Å². The van der Waals surface area contributed by atoms with Crippen molar-refractivity contribution in [2.45, 2.75) is 46.7 Å². The molecule has 80 valence electrons. The van der Waals surface area contributed by atoms with Crippen molar-refractivity contribution in [3.8, 4) is 0 Å². The van der Waals surface area contributed by atoms with Crippen LogP contribution in [-0.2, 0) is 0 Å². The monoisotopic (exact) mass is 186 g/mol. The molecule has 0 aromatic heterocycles. The maximum Gasteiger partial charge on any atom is 0.0240 e. The van der Waals surface area contributed by atoms with Crippen molar-refractivity contribution in [1.29, 1.82) is 0 Å². The van der Waals surface area contributed by atoms with Gasteiger partial charge in [0.05, 0.1) is 0 Å². The van der Waals surface area contributed by atoms with E-state index in [0.29, 0.717) is 12.1 Å². The molecule has 0 saturated heterocycles. The molecule has 13 heavy (non-hydrogen) atoms. The van der Waals surface area contributed by atoms with Gasteiger partial charge in [-0.1, -0.05) is 34.6 Å². The molecule has 1 atom stereocenters. The summed E-state index contributed by atoms with van der Waals surface area (Å²) in [6.45, 7) is 13.4. The average Bonchev–Trinajstić information content (AvgIpc) is 2.03. The highest BCUT2D eigenvalue weighted by atomic mass is 15.1. The second-order valence-corrected chi connectivity index (χ2v) is 4.45. The highest BCUT2D eigenvalue weighted by molar-refractivity contribution is 4.74. The molecule has 2 heteroatoms. The molecule has 0 aromatic rings. The van der Waals surface area contributed by atoms with Crippen LogP contribution >= 0.6 is 0 Å². The van der Waals surface area contributed by atoms with Gasteiger partial charge in [0.1, 0.15) is 0 Å². The van der Waals surface area contributed by atoms with Crippen molar-refractivity contribution in [2.75, 3.05) is 20.1 Å². The smallest absolute Gasteiger partial charge is 0.0240 e. The van der Waals surface area contributed by atoms with Crippen molar-refractivity contribution in [2.24, 2.45) is 5.92 Å². The fourth-order valence-corrected chi connectivity index (χ4v) is 1.49. The normalized spacial score (nSPS) is 14.5. The third-order valence-electron chi connectivity index (χ3n) is 2.57. The number of hydrogen-bond acceptors (Lipinski definition) is 2. The van der Waals surface area contributed by atoms with Crippen LogP contribution in [0.15, 0.2) is 0 Å². The minimum atomic E-state index is 0.589. The highest BCUT2D eigenvalue weighted by Gasteiger charge is 2.16. The van der Waals surface area contributed by atoms with E-state index < -0.39 is 0 Å². The summed E-state index contributed by atoms with van der Waals surface area (Å²) in [5, 5.41) is 3.50. The van der Waals surface area contributed by atoms with Gasteiger partial charge in [-0.15, -0.1) is 0 Å². The Hall–Kier alpha value is -0.0800. The third-order valence-corrected chi connectivity index (χ3v) is 2.57. The van der Waals surface area contributed by atoms with Crippen molar-refractivity contribution in [3.63, 3.8) is 0 Å². The molecule has 0 amide bonds. The van der Waals surface area contributed by atoms with Gasteiger partial charge < -0.3 is 10.2 Å². The minimum Gasteiger partial charge on any atom is -0.313 e. The molecular weight excluding hydrogens is 160 g/mol. The first kappa shape index (κ1) is 12.9. The van der Waals surface area contributed by atoms with Crippen LogP contribution in [0.5, 0.6) is 0 Å². The molecule has 0 spiro atoms. The summed E-state index contributed by atoms with van der Waals surface area (Å²) in [5.41, 5.74) is 0. The van der Waals surface area contributed by atoms with Gasteiger partial charge >= 0.3 is 0 Å². The van der Waals surface area contributed by atoms with Crippen LogP contribution in [0.3, 0.4) is 0 Å². The molecule has 0 rings (SSSR count). The van der Waals surface area contributed by atoms with Crippen LogP contribution in [-0.4, -0.2) is 37.1 Å². The first-order valence-electron chi connectivity index (χ1n) is 5.42. The number of nitrogens with zero attached hydrogens (tertiary/aromatic N) is 1. The summed E-state index contributed by atoms with van der Waals surface area (Å²) >= 11 is 0. The standard InChI is InChI=1S/C11H26N2/c1-7-13(6)11(9(2)3)8-12-10(4)5/h9-12H,7-8H2,1-6H3. The summed E-state index contributed by atoms with van der Waals surface area (Å²) in [7, 11) is 2.20. The zero-order valence-electron chi connectivity index (χ0n) is 10.1. The van der Waals surface area contributed by atoms with E-state index in [2.05, 4.69) is 51.9 Å². The molecule has 0 bridgehead atoms. The maximum atomic E-state index is 3.50. The second-order valence-electron chi connectivity index (χ2n) is 4.45. The Bertz CT molecular complexity index is 121. The Morgan fingerprint density at radius 3 is 2.00 bits per heavy atom. The summed E-state index contributed by atoms with van der Waals surface area (Å²) < 4.78 is 0. The zero-order valence-corrected chi connectivity index (χ0v) is 10.1. The quantitative estimate of drug-likeness (QED) is 0.682. The number of rotatable bonds is 6. The van der Waals surface area contributed by atoms with Crippen LogP contribution in [0.1, 0.15) is 34.6 Å². The Morgan fingerprint density at radius 2 is 1.69 bits per heavy atom. The zero-order chi connectivity index (χ0) is 10.4. The number of likely N-dealkylation sites (N-methyl/N-ethyl adjacent to an activating group) is 1. The topological polar surface area (TPSA) is 15.3 Å². The lowest BCUT2D eigenvalue weighted by Crippen LogP contribution is -2.45. The van der Waals surface area contributed by atoms with Gasteiger partial charge in [0.25, 0.3) is 0 Å². The Morgan fingerprint density at radius 1 is 1.15 bits per heavy atom. The van der Waals surface area contributed by atoms with Crippen LogP contribution < -0.4 is 5.32 Å². The summed E-state index contributed by atoms with van der Waals surface area (Å²) in [4.78, 5) is 2.42. The van der Waals surface area contributed by atoms with Crippen molar-refractivity contribution >= 4 is 0 Å². The Labute approximate surface area is 83.7 Å². The van der Waals surface area contributed by atoms with Crippen molar-refractivity contribution in [1.82, 2.24) is 10.2 Å². The lowest BCUT2D eigenvalue weighted by molar-refractivity contribution is 0.192.